The molecule has 0 saturated carbocycles. The lowest BCUT2D eigenvalue weighted by Crippen LogP contribution is -2.28. The first-order valence-electron chi connectivity index (χ1n) is 6.30. The third-order valence-electron chi connectivity index (χ3n) is 3.07. The molecule has 1 fully saturated rings. The summed E-state index contributed by atoms with van der Waals surface area (Å²) in [6.45, 7) is 6.27. The number of amides is 2. The summed E-state index contributed by atoms with van der Waals surface area (Å²) in [4.78, 5) is 13.3. The van der Waals surface area contributed by atoms with Crippen molar-refractivity contribution in [3.63, 3.8) is 0 Å². The molecule has 21 heavy (non-hydrogen) atoms. The highest BCUT2D eigenvalue weighted by Gasteiger charge is 2.39. The molecule has 0 radical (unpaired) electrons. The van der Waals surface area contributed by atoms with E-state index in [1.54, 1.807) is 6.07 Å². The summed E-state index contributed by atoms with van der Waals surface area (Å²) in [6, 6.07) is 6.74. The molecule has 1 aromatic carbocycles. The van der Waals surface area contributed by atoms with Gasteiger partial charge < -0.3 is 0 Å². The Kier molecular flexibility index (Phi) is 4.92. The second kappa shape index (κ2) is 6.20. The fourth-order valence-corrected chi connectivity index (χ4v) is 3.00. The van der Waals surface area contributed by atoms with Gasteiger partial charge in [-0.1, -0.05) is 65.8 Å². The minimum atomic E-state index is -0.850. The zero-order valence-electron chi connectivity index (χ0n) is 11.9. The van der Waals surface area contributed by atoms with E-state index in [2.05, 4.69) is 20.8 Å². The Bertz CT molecular complexity index is 538. The van der Waals surface area contributed by atoms with Crippen LogP contribution in [-0.4, -0.2) is 26.5 Å². The van der Waals surface area contributed by atoms with Gasteiger partial charge in [-0.3, -0.25) is 4.90 Å². The molecule has 0 aliphatic carbocycles. The number of carbonyl (C=O) groups is 1. The molecule has 8 heteroatoms. The molecule has 0 spiro atoms. The van der Waals surface area contributed by atoms with Crippen LogP contribution in [0.15, 0.2) is 24.3 Å². The summed E-state index contributed by atoms with van der Waals surface area (Å²) in [5.74, 6) is 0. The monoisotopic (exact) mass is 351 g/mol. The molecule has 0 N–H and O–H groups in total. The minimum absolute atomic E-state index is 0.0200. The van der Waals surface area contributed by atoms with Crippen molar-refractivity contribution < 1.29 is 9.28 Å². The van der Waals surface area contributed by atoms with Crippen molar-refractivity contribution in [1.29, 1.82) is 0 Å². The summed E-state index contributed by atoms with van der Waals surface area (Å²) in [5.41, 5.74) is 1.65. The second-order valence-electron chi connectivity index (χ2n) is 5.63. The fraction of sp³-hybridized carbons (Fsp3) is 0.462. The lowest BCUT2D eigenvalue weighted by Gasteiger charge is -2.22. The maximum Gasteiger partial charge on any atom is 0.370 e. The summed E-state index contributed by atoms with van der Waals surface area (Å²) < 4.78 is 14.1. The van der Waals surface area contributed by atoms with Gasteiger partial charge in [-0.05, 0) is 35.1 Å². The Morgan fingerprint density at radius 3 is 2.57 bits per heavy atom. The summed E-state index contributed by atoms with van der Waals surface area (Å²) >= 11 is 12.1. The number of halogens is 3. The van der Waals surface area contributed by atoms with Crippen molar-refractivity contribution >= 4 is 46.9 Å². The Morgan fingerprint density at radius 1 is 1.33 bits per heavy atom. The molecule has 2 amide bonds. The van der Waals surface area contributed by atoms with E-state index < -0.39 is 10.2 Å². The fourth-order valence-electron chi connectivity index (χ4n) is 1.93. The first-order valence-corrected chi connectivity index (χ1v) is 8.01. The van der Waals surface area contributed by atoms with Crippen LogP contribution >= 0.6 is 35.1 Å². The Balaban J connectivity index is 2.25. The topological polar surface area (TPSA) is 26.8 Å². The average molecular weight is 352 g/mol. The number of carbonyl (C=O) groups excluding carboxylic acids is 1. The SMILES string of the molecule is CC(C)(C)c1cccc(N2CN(SC(Cl)Cl)N(F)C2=O)c1. The number of hydrazine groups is 1. The molecule has 0 aromatic heterocycles. The van der Waals surface area contributed by atoms with Crippen LogP contribution in [0.3, 0.4) is 0 Å². The van der Waals surface area contributed by atoms with Crippen LogP contribution in [0.5, 0.6) is 0 Å². The Hall–Kier alpha value is -0.690. The standard InChI is InChI=1S/C13H16Cl2FN3OS/c1-13(2,3)9-5-4-6-10(7-9)17-8-18(21-11(14)15)19(16)12(17)20/h4-7,11H,8H2,1-3H3. The maximum atomic E-state index is 13.8. The van der Waals surface area contributed by atoms with E-state index in [1.807, 2.05) is 18.2 Å². The van der Waals surface area contributed by atoms with E-state index in [9.17, 15) is 9.28 Å². The number of urea groups is 1. The molecule has 1 heterocycles. The normalized spacial score (nSPS) is 17.2. The van der Waals surface area contributed by atoms with Crippen molar-refractivity contribution in [2.75, 3.05) is 11.6 Å². The van der Waals surface area contributed by atoms with E-state index >= 15 is 0 Å². The van der Waals surface area contributed by atoms with Gasteiger partial charge in [0.25, 0.3) is 0 Å². The molecule has 1 aliphatic rings. The van der Waals surface area contributed by atoms with Gasteiger partial charge in [0.1, 0.15) is 6.67 Å². The molecule has 1 aromatic rings. The average Bonchev–Trinajstić information content (AvgIpc) is 2.66. The van der Waals surface area contributed by atoms with Gasteiger partial charge in [0.2, 0.25) is 0 Å². The number of hydrogen-bond acceptors (Lipinski definition) is 3. The van der Waals surface area contributed by atoms with E-state index in [0.29, 0.717) is 5.69 Å². The first-order chi connectivity index (χ1) is 9.70. The van der Waals surface area contributed by atoms with Crippen molar-refractivity contribution in [2.45, 2.75) is 30.4 Å². The zero-order chi connectivity index (χ0) is 15.8. The van der Waals surface area contributed by atoms with Crippen molar-refractivity contribution in [2.24, 2.45) is 0 Å². The minimum Gasteiger partial charge on any atom is -0.275 e. The molecule has 2 rings (SSSR count). The molecule has 1 aliphatic heterocycles. The summed E-state index contributed by atoms with van der Waals surface area (Å²) in [5, 5.41) is 0.0200. The smallest absolute Gasteiger partial charge is 0.275 e. The summed E-state index contributed by atoms with van der Waals surface area (Å²) in [7, 11) is 0. The molecule has 0 atom stereocenters. The van der Waals surface area contributed by atoms with Gasteiger partial charge in [0, 0.05) is 5.69 Å². The van der Waals surface area contributed by atoms with Gasteiger partial charge in [-0.15, -0.1) is 4.41 Å². The van der Waals surface area contributed by atoms with Crippen molar-refractivity contribution in [3.8, 4) is 0 Å². The van der Waals surface area contributed by atoms with Gasteiger partial charge in [0.15, 0.2) is 4.17 Å². The van der Waals surface area contributed by atoms with Crippen molar-refractivity contribution in [3.05, 3.63) is 29.8 Å². The number of rotatable bonds is 3. The highest BCUT2D eigenvalue weighted by atomic mass is 35.5. The van der Waals surface area contributed by atoms with E-state index in [4.69, 9.17) is 23.2 Å². The second-order valence-corrected chi connectivity index (χ2v) is 8.35. The number of benzene rings is 1. The van der Waals surface area contributed by atoms with Gasteiger partial charge >= 0.3 is 6.03 Å². The molecule has 4 nitrogen and oxygen atoms in total. The van der Waals surface area contributed by atoms with Crippen LogP contribution in [0.1, 0.15) is 26.3 Å². The van der Waals surface area contributed by atoms with Crippen LogP contribution in [0.4, 0.5) is 15.0 Å². The molecular formula is C13H16Cl2FN3OS. The van der Waals surface area contributed by atoms with Gasteiger partial charge in [-0.25, -0.2) is 4.79 Å². The predicted octanol–water partition coefficient (Wildman–Crippen LogP) is 4.69. The largest absolute Gasteiger partial charge is 0.370 e. The Labute approximate surface area is 137 Å². The molecule has 1 saturated heterocycles. The number of nitrogens with zero attached hydrogens (tertiary/aromatic N) is 3. The van der Waals surface area contributed by atoms with E-state index in [1.165, 1.54) is 4.90 Å². The lowest BCUT2D eigenvalue weighted by molar-refractivity contribution is -0.0290. The highest BCUT2D eigenvalue weighted by Crippen LogP contribution is 2.34. The molecular weight excluding hydrogens is 336 g/mol. The molecule has 0 unspecified atom stereocenters. The van der Waals surface area contributed by atoms with Gasteiger partial charge in [0.05, 0.1) is 0 Å². The van der Waals surface area contributed by atoms with Gasteiger partial charge in [-0.2, -0.15) is 0 Å². The first kappa shape index (κ1) is 16.7. The number of alkyl halides is 2. The highest BCUT2D eigenvalue weighted by molar-refractivity contribution is 8.00. The third-order valence-corrected chi connectivity index (χ3v) is 4.21. The number of anilines is 1. The maximum absolute atomic E-state index is 13.8. The lowest BCUT2D eigenvalue weighted by atomic mass is 9.87. The number of hydrogen-bond donors (Lipinski definition) is 0. The third kappa shape index (κ3) is 3.74. The van der Waals surface area contributed by atoms with Crippen LogP contribution in [0.2, 0.25) is 0 Å². The van der Waals surface area contributed by atoms with Crippen molar-refractivity contribution in [1.82, 2.24) is 9.65 Å². The van der Waals surface area contributed by atoms with Crippen LogP contribution in [0, 0.1) is 0 Å². The predicted molar refractivity (Wildman–Crippen MR) is 85.8 cm³/mol. The van der Waals surface area contributed by atoms with Crippen LogP contribution < -0.4 is 4.90 Å². The molecule has 116 valence electrons. The van der Waals surface area contributed by atoms with E-state index in [-0.39, 0.29) is 17.3 Å². The molecule has 0 bridgehead atoms. The summed E-state index contributed by atoms with van der Waals surface area (Å²) in [6.07, 6.45) is 0. The Morgan fingerprint density at radius 2 is 2.00 bits per heavy atom. The van der Waals surface area contributed by atoms with E-state index in [0.717, 1.165) is 21.9 Å². The zero-order valence-corrected chi connectivity index (χ0v) is 14.2. The quantitative estimate of drug-likeness (QED) is 0.448. The van der Waals surface area contributed by atoms with Crippen LogP contribution in [0.25, 0.3) is 0 Å². The van der Waals surface area contributed by atoms with Crippen LogP contribution in [-0.2, 0) is 5.41 Å².